The number of aryl methyl sites for hydroxylation is 2. The van der Waals surface area contributed by atoms with Gasteiger partial charge < -0.3 is 0 Å². The molecule has 0 unspecified atom stereocenters. The van der Waals surface area contributed by atoms with E-state index in [-0.39, 0.29) is 5.56 Å². The molecular formula is C9H9F2NO. The molecule has 70 valence electrons. The molecule has 0 spiro atoms. The van der Waals surface area contributed by atoms with Crippen molar-refractivity contribution in [2.75, 3.05) is 0 Å². The minimum absolute atomic E-state index is 0.0295. The minimum Gasteiger partial charge on any atom is -0.288 e. The second-order valence-electron chi connectivity index (χ2n) is 2.79. The first-order valence-corrected chi connectivity index (χ1v) is 3.78. The van der Waals surface area contributed by atoms with Gasteiger partial charge in [-0.05, 0) is 25.5 Å². The first-order valence-electron chi connectivity index (χ1n) is 3.78. The van der Waals surface area contributed by atoms with Crippen LogP contribution in [-0.4, -0.2) is 17.2 Å². The molecule has 0 saturated carbocycles. The monoisotopic (exact) mass is 185 g/mol. The number of halogens is 2. The van der Waals surface area contributed by atoms with Gasteiger partial charge in [0.2, 0.25) is 5.78 Å². The van der Waals surface area contributed by atoms with Crippen LogP contribution in [0.1, 0.15) is 21.6 Å². The predicted octanol–water partition coefficient (Wildman–Crippen LogP) is 2.15. The lowest BCUT2D eigenvalue weighted by molar-refractivity contribution is 0.0678. The molecular weight excluding hydrogens is 176 g/mol. The van der Waals surface area contributed by atoms with Crippen LogP contribution in [0.25, 0.3) is 0 Å². The van der Waals surface area contributed by atoms with Crippen LogP contribution in [0.3, 0.4) is 0 Å². The van der Waals surface area contributed by atoms with E-state index in [4.69, 9.17) is 0 Å². The molecule has 0 radical (unpaired) electrons. The molecule has 1 heterocycles. The number of ketones is 1. The maximum Gasteiger partial charge on any atom is 0.300 e. The quantitative estimate of drug-likeness (QED) is 0.661. The number of aromatic nitrogens is 1. The van der Waals surface area contributed by atoms with Crippen LogP contribution in [0.5, 0.6) is 0 Å². The van der Waals surface area contributed by atoms with Crippen molar-refractivity contribution < 1.29 is 13.6 Å². The average Bonchev–Trinajstić information content (AvgIpc) is 2.08. The lowest BCUT2D eigenvalue weighted by Crippen LogP contribution is -2.11. The maximum absolute atomic E-state index is 12.0. The topological polar surface area (TPSA) is 30.0 Å². The summed E-state index contributed by atoms with van der Waals surface area (Å²) in [5.41, 5.74) is 1.45. The Labute approximate surface area is 74.6 Å². The second kappa shape index (κ2) is 3.60. The van der Waals surface area contributed by atoms with Crippen LogP contribution in [-0.2, 0) is 0 Å². The van der Waals surface area contributed by atoms with Crippen molar-refractivity contribution >= 4 is 5.78 Å². The Morgan fingerprint density at radius 1 is 1.46 bits per heavy atom. The number of alkyl halides is 2. The maximum atomic E-state index is 12.0. The van der Waals surface area contributed by atoms with Crippen LogP contribution < -0.4 is 0 Å². The highest BCUT2D eigenvalue weighted by Crippen LogP contribution is 2.10. The van der Waals surface area contributed by atoms with Gasteiger partial charge in [0, 0.05) is 17.5 Å². The zero-order chi connectivity index (χ0) is 10.0. The summed E-state index contributed by atoms with van der Waals surface area (Å²) in [5, 5.41) is 0. The fraction of sp³-hybridized carbons (Fsp3) is 0.333. The molecule has 2 nitrogen and oxygen atoms in total. The van der Waals surface area contributed by atoms with Gasteiger partial charge in [0.1, 0.15) is 0 Å². The molecule has 0 aliphatic rings. The third-order valence-electron chi connectivity index (χ3n) is 1.82. The first kappa shape index (κ1) is 9.77. The van der Waals surface area contributed by atoms with Crippen molar-refractivity contribution in [3.05, 3.63) is 29.1 Å². The van der Waals surface area contributed by atoms with E-state index in [0.29, 0.717) is 0 Å². The summed E-state index contributed by atoms with van der Waals surface area (Å²) < 4.78 is 23.9. The van der Waals surface area contributed by atoms with Crippen molar-refractivity contribution in [2.24, 2.45) is 0 Å². The van der Waals surface area contributed by atoms with Gasteiger partial charge in [0.05, 0.1) is 0 Å². The smallest absolute Gasteiger partial charge is 0.288 e. The summed E-state index contributed by atoms with van der Waals surface area (Å²) in [4.78, 5) is 14.6. The third kappa shape index (κ3) is 2.08. The number of pyridine rings is 1. The molecule has 4 heteroatoms. The molecule has 1 aromatic rings. The zero-order valence-electron chi connectivity index (χ0n) is 7.34. The third-order valence-corrected chi connectivity index (χ3v) is 1.82. The summed E-state index contributed by atoms with van der Waals surface area (Å²) in [6.07, 6.45) is -1.78. The summed E-state index contributed by atoms with van der Waals surface area (Å²) in [6.45, 7) is 3.48. The number of carbonyl (C=O) groups excluding carboxylic acids is 1. The molecule has 0 aliphatic heterocycles. The SMILES string of the molecule is Cc1cc(C(=O)C(F)F)cnc1C. The lowest BCUT2D eigenvalue weighted by Gasteiger charge is -2.02. The number of nitrogens with zero attached hydrogens (tertiary/aromatic N) is 1. The number of hydrogen-bond acceptors (Lipinski definition) is 2. The van der Waals surface area contributed by atoms with E-state index in [9.17, 15) is 13.6 Å². The second-order valence-corrected chi connectivity index (χ2v) is 2.79. The largest absolute Gasteiger partial charge is 0.300 e. The molecule has 0 bridgehead atoms. The molecule has 0 amide bonds. The van der Waals surface area contributed by atoms with E-state index in [1.807, 2.05) is 0 Å². The lowest BCUT2D eigenvalue weighted by atomic mass is 10.1. The van der Waals surface area contributed by atoms with Gasteiger partial charge >= 0.3 is 6.43 Å². The van der Waals surface area contributed by atoms with Crippen LogP contribution in [0.2, 0.25) is 0 Å². The number of carbonyl (C=O) groups is 1. The minimum atomic E-state index is -2.95. The molecule has 1 rings (SSSR count). The number of rotatable bonds is 2. The molecule has 0 fully saturated rings. The van der Waals surface area contributed by atoms with Crippen molar-refractivity contribution in [2.45, 2.75) is 20.3 Å². The van der Waals surface area contributed by atoms with Gasteiger partial charge in [-0.25, -0.2) is 8.78 Å². The van der Waals surface area contributed by atoms with E-state index in [0.717, 1.165) is 11.3 Å². The Balaban J connectivity index is 3.04. The van der Waals surface area contributed by atoms with Gasteiger partial charge in [-0.1, -0.05) is 0 Å². The number of Topliss-reactive ketones (excluding diaryl/α,β-unsaturated/α-hetero) is 1. The van der Waals surface area contributed by atoms with Crippen LogP contribution >= 0.6 is 0 Å². The summed E-state index contributed by atoms with van der Waals surface area (Å²) in [5.74, 6) is -1.17. The zero-order valence-corrected chi connectivity index (χ0v) is 7.34. The van der Waals surface area contributed by atoms with Gasteiger partial charge in [-0.2, -0.15) is 0 Å². The van der Waals surface area contributed by atoms with Gasteiger partial charge in [0.25, 0.3) is 0 Å². The molecule has 0 aromatic carbocycles. The van der Waals surface area contributed by atoms with Crippen molar-refractivity contribution in [1.82, 2.24) is 4.98 Å². The fourth-order valence-corrected chi connectivity index (χ4v) is 0.904. The molecule has 0 N–H and O–H groups in total. The van der Waals surface area contributed by atoms with E-state index < -0.39 is 12.2 Å². The van der Waals surface area contributed by atoms with Crippen LogP contribution in [0.15, 0.2) is 12.3 Å². The highest BCUT2D eigenvalue weighted by molar-refractivity contribution is 5.98. The van der Waals surface area contributed by atoms with Gasteiger partial charge in [-0.3, -0.25) is 9.78 Å². The fourth-order valence-electron chi connectivity index (χ4n) is 0.904. The molecule has 0 atom stereocenters. The highest BCUT2D eigenvalue weighted by Gasteiger charge is 2.18. The van der Waals surface area contributed by atoms with Crippen LogP contribution in [0, 0.1) is 13.8 Å². The Kier molecular flexibility index (Phi) is 2.70. The molecule has 1 aromatic heterocycles. The van der Waals surface area contributed by atoms with Crippen LogP contribution in [0.4, 0.5) is 8.78 Å². The standard InChI is InChI=1S/C9H9F2NO/c1-5-3-7(4-12-6(5)2)8(13)9(10)11/h3-4,9H,1-2H3. The van der Waals surface area contributed by atoms with Crippen molar-refractivity contribution in [3.63, 3.8) is 0 Å². The van der Waals surface area contributed by atoms with Crippen molar-refractivity contribution in [3.8, 4) is 0 Å². The molecule has 0 saturated heterocycles. The van der Waals surface area contributed by atoms with E-state index >= 15 is 0 Å². The Bertz CT molecular complexity index is 336. The average molecular weight is 185 g/mol. The predicted molar refractivity (Wildman–Crippen MR) is 44.0 cm³/mol. The molecule has 0 aliphatic carbocycles. The first-order chi connectivity index (χ1) is 6.02. The van der Waals surface area contributed by atoms with E-state index in [1.54, 1.807) is 13.8 Å². The Morgan fingerprint density at radius 2 is 2.08 bits per heavy atom. The summed E-state index contributed by atoms with van der Waals surface area (Å²) in [7, 11) is 0. The Hall–Kier alpha value is -1.32. The van der Waals surface area contributed by atoms with Gasteiger partial charge in [-0.15, -0.1) is 0 Å². The highest BCUT2D eigenvalue weighted by atomic mass is 19.3. The summed E-state index contributed by atoms with van der Waals surface area (Å²) in [6, 6.07) is 1.43. The Morgan fingerprint density at radius 3 is 2.54 bits per heavy atom. The van der Waals surface area contributed by atoms with Gasteiger partial charge in [0.15, 0.2) is 0 Å². The number of hydrogen-bond donors (Lipinski definition) is 0. The summed E-state index contributed by atoms with van der Waals surface area (Å²) >= 11 is 0. The van der Waals surface area contributed by atoms with E-state index in [2.05, 4.69) is 4.98 Å². The normalized spacial score (nSPS) is 10.5. The van der Waals surface area contributed by atoms with E-state index in [1.165, 1.54) is 12.3 Å². The molecule has 13 heavy (non-hydrogen) atoms. The van der Waals surface area contributed by atoms with Crippen molar-refractivity contribution in [1.29, 1.82) is 0 Å².